The van der Waals surface area contributed by atoms with E-state index in [9.17, 15) is 4.79 Å². The molecule has 0 aliphatic heterocycles. The first kappa shape index (κ1) is 23.4. The molecule has 168 valence electrons. The van der Waals surface area contributed by atoms with Crippen molar-refractivity contribution in [3.8, 4) is 22.6 Å². The van der Waals surface area contributed by atoms with E-state index in [0.29, 0.717) is 19.6 Å². The van der Waals surface area contributed by atoms with E-state index in [2.05, 4.69) is 43.3 Å². The minimum Gasteiger partial charge on any atom is -0.493 e. The Kier molecular flexibility index (Phi) is 8.70. The third-order valence-electron chi connectivity index (χ3n) is 5.28. The van der Waals surface area contributed by atoms with Crippen LogP contribution < -0.4 is 9.47 Å². The van der Waals surface area contributed by atoms with Crippen LogP contribution in [-0.2, 0) is 22.4 Å². The second kappa shape index (κ2) is 11.9. The number of carbonyl (C=O) groups is 1. The fourth-order valence-electron chi connectivity index (χ4n) is 3.32. The van der Waals surface area contributed by atoms with Crippen LogP contribution in [0.1, 0.15) is 24.5 Å². The molecule has 0 heterocycles. The van der Waals surface area contributed by atoms with Crippen molar-refractivity contribution in [3.63, 3.8) is 0 Å². The molecule has 0 radical (unpaired) electrons. The Morgan fingerprint density at radius 2 is 1.25 bits per heavy atom. The van der Waals surface area contributed by atoms with Crippen molar-refractivity contribution in [1.82, 2.24) is 0 Å². The van der Waals surface area contributed by atoms with Gasteiger partial charge in [0.2, 0.25) is 0 Å². The highest BCUT2D eigenvalue weighted by molar-refractivity contribution is 5.72. The first-order valence-electron chi connectivity index (χ1n) is 10.9. The van der Waals surface area contributed by atoms with E-state index < -0.39 is 12.1 Å². The third-order valence-corrected chi connectivity index (χ3v) is 5.28. The number of hydrogen-bond acceptors (Lipinski definition) is 4. The number of carboxylic acid groups (broad SMARTS) is 1. The molecule has 3 rings (SSSR count). The van der Waals surface area contributed by atoms with Crippen LogP contribution in [0.5, 0.6) is 11.5 Å². The molecule has 0 fully saturated rings. The number of ether oxygens (including phenoxy) is 3. The van der Waals surface area contributed by atoms with Crippen molar-refractivity contribution in [2.24, 2.45) is 0 Å². The Bertz CT molecular complexity index is 962. The minimum absolute atomic E-state index is 0.322. The molecule has 1 N–H and O–H groups in total. The van der Waals surface area contributed by atoms with Gasteiger partial charge in [-0.15, -0.1) is 0 Å². The molecule has 0 saturated carbocycles. The molecule has 1 unspecified atom stereocenters. The highest BCUT2D eigenvalue weighted by Gasteiger charge is 2.16. The first-order chi connectivity index (χ1) is 15.6. The van der Waals surface area contributed by atoms with Gasteiger partial charge in [0, 0.05) is 20.0 Å². The Hall–Kier alpha value is -3.31. The fourth-order valence-corrected chi connectivity index (χ4v) is 3.32. The minimum atomic E-state index is -0.965. The summed E-state index contributed by atoms with van der Waals surface area (Å²) >= 11 is 0. The van der Waals surface area contributed by atoms with E-state index in [1.54, 1.807) is 0 Å². The maximum absolute atomic E-state index is 11.0. The summed E-state index contributed by atoms with van der Waals surface area (Å²) in [7, 11) is 1.40. The van der Waals surface area contributed by atoms with E-state index in [-0.39, 0.29) is 0 Å². The van der Waals surface area contributed by atoms with Crippen molar-refractivity contribution in [2.75, 3.05) is 20.3 Å². The molecular weight excluding hydrogens is 404 g/mol. The number of hydrogen-bond donors (Lipinski definition) is 1. The van der Waals surface area contributed by atoms with Gasteiger partial charge in [-0.2, -0.15) is 0 Å². The zero-order valence-electron chi connectivity index (χ0n) is 18.6. The summed E-state index contributed by atoms with van der Waals surface area (Å²) in [5.74, 6) is 0.624. The van der Waals surface area contributed by atoms with Crippen LogP contribution in [0.25, 0.3) is 11.1 Å². The van der Waals surface area contributed by atoms with E-state index in [1.807, 2.05) is 36.4 Å². The van der Waals surface area contributed by atoms with Crippen LogP contribution >= 0.6 is 0 Å². The molecule has 5 heteroatoms. The highest BCUT2D eigenvalue weighted by atomic mass is 16.5. The molecule has 3 aromatic rings. The summed E-state index contributed by atoms with van der Waals surface area (Å²) in [6, 6.07) is 24.2. The lowest BCUT2D eigenvalue weighted by atomic mass is 10.0. The summed E-state index contributed by atoms with van der Waals surface area (Å²) in [5.41, 5.74) is 4.60. The second-order valence-corrected chi connectivity index (χ2v) is 7.54. The molecule has 1 atom stereocenters. The van der Waals surface area contributed by atoms with Gasteiger partial charge >= 0.3 is 5.97 Å². The summed E-state index contributed by atoms with van der Waals surface area (Å²) in [6.45, 7) is 3.26. The number of carboxylic acids is 1. The molecule has 0 amide bonds. The van der Waals surface area contributed by atoms with Crippen LogP contribution in [0.4, 0.5) is 0 Å². The lowest BCUT2D eigenvalue weighted by Crippen LogP contribution is -2.24. The topological polar surface area (TPSA) is 65.0 Å². The summed E-state index contributed by atoms with van der Waals surface area (Å²) < 4.78 is 16.5. The van der Waals surface area contributed by atoms with Crippen molar-refractivity contribution < 1.29 is 24.1 Å². The van der Waals surface area contributed by atoms with Gasteiger partial charge in [0.25, 0.3) is 0 Å². The van der Waals surface area contributed by atoms with Crippen LogP contribution in [0.3, 0.4) is 0 Å². The smallest absolute Gasteiger partial charge is 0.333 e. The molecule has 3 aromatic carbocycles. The van der Waals surface area contributed by atoms with Crippen molar-refractivity contribution in [3.05, 3.63) is 83.9 Å². The molecular formula is C27H30O5. The number of rotatable bonds is 12. The van der Waals surface area contributed by atoms with Crippen LogP contribution in [-0.4, -0.2) is 37.5 Å². The number of methoxy groups -OCH3 is 1. The molecule has 0 aliphatic rings. The largest absolute Gasteiger partial charge is 0.493 e. The SMILES string of the molecule is CCc1ccc(-c2ccc(OCCCOc3ccc(CC(OC)C(=O)O)cc3)cc2)cc1. The van der Waals surface area contributed by atoms with Crippen LogP contribution in [0.15, 0.2) is 72.8 Å². The van der Waals surface area contributed by atoms with Gasteiger partial charge in [0.15, 0.2) is 6.10 Å². The van der Waals surface area contributed by atoms with Crippen molar-refractivity contribution >= 4 is 5.97 Å². The number of benzene rings is 3. The monoisotopic (exact) mass is 434 g/mol. The van der Waals surface area contributed by atoms with Crippen LogP contribution in [0, 0.1) is 0 Å². The maximum atomic E-state index is 11.0. The standard InChI is InChI=1S/C27H30O5/c1-3-20-5-9-22(10-6-20)23-11-15-25(16-12-23)32-18-4-17-31-24-13-7-21(8-14-24)19-26(30-2)27(28)29/h5-16,26H,3-4,17-19H2,1-2H3,(H,28,29). The predicted molar refractivity (Wildman–Crippen MR) is 125 cm³/mol. The van der Waals surface area contributed by atoms with E-state index in [1.165, 1.54) is 23.8 Å². The average molecular weight is 435 g/mol. The van der Waals surface area contributed by atoms with E-state index in [4.69, 9.17) is 19.3 Å². The van der Waals surface area contributed by atoms with E-state index >= 15 is 0 Å². The zero-order valence-corrected chi connectivity index (χ0v) is 18.6. The van der Waals surface area contributed by atoms with Crippen molar-refractivity contribution in [1.29, 1.82) is 0 Å². The molecule has 0 bridgehead atoms. The molecule has 0 aliphatic carbocycles. The van der Waals surface area contributed by atoms with Gasteiger partial charge in [-0.05, 0) is 52.9 Å². The normalized spacial score (nSPS) is 11.7. The molecule has 32 heavy (non-hydrogen) atoms. The maximum Gasteiger partial charge on any atom is 0.333 e. The Morgan fingerprint density at radius 3 is 1.72 bits per heavy atom. The highest BCUT2D eigenvalue weighted by Crippen LogP contribution is 2.23. The van der Waals surface area contributed by atoms with Gasteiger partial charge in [0.05, 0.1) is 13.2 Å². The Balaban J connectivity index is 1.38. The molecule has 0 aromatic heterocycles. The summed E-state index contributed by atoms with van der Waals surface area (Å²) in [4.78, 5) is 11.0. The lowest BCUT2D eigenvalue weighted by Gasteiger charge is -2.11. The van der Waals surface area contributed by atoms with Gasteiger partial charge in [-0.1, -0.05) is 55.5 Å². The number of aryl methyl sites for hydroxylation is 1. The van der Waals surface area contributed by atoms with Gasteiger partial charge < -0.3 is 19.3 Å². The molecule has 0 spiro atoms. The number of aliphatic carboxylic acids is 1. The molecule has 0 saturated heterocycles. The van der Waals surface area contributed by atoms with Gasteiger partial charge in [-0.25, -0.2) is 4.79 Å². The Labute approximate surface area is 189 Å². The third kappa shape index (κ3) is 6.86. The molecule has 5 nitrogen and oxygen atoms in total. The predicted octanol–water partition coefficient (Wildman–Crippen LogP) is 5.41. The lowest BCUT2D eigenvalue weighted by molar-refractivity contribution is -0.148. The summed E-state index contributed by atoms with van der Waals surface area (Å²) in [5, 5.41) is 9.06. The van der Waals surface area contributed by atoms with Gasteiger partial charge in [0.1, 0.15) is 11.5 Å². The van der Waals surface area contributed by atoms with E-state index in [0.717, 1.165) is 29.9 Å². The second-order valence-electron chi connectivity index (χ2n) is 7.54. The zero-order chi connectivity index (χ0) is 22.8. The van der Waals surface area contributed by atoms with Crippen molar-refractivity contribution in [2.45, 2.75) is 32.3 Å². The fraction of sp³-hybridized carbons (Fsp3) is 0.296. The Morgan fingerprint density at radius 1 is 0.781 bits per heavy atom. The summed E-state index contributed by atoms with van der Waals surface area (Å²) in [6.07, 6.45) is 1.29. The average Bonchev–Trinajstić information content (AvgIpc) is 2.83. The quantitative estimate of drug-likeness (QED) is 0.386. The van der Waals surface area contributed by atoms with Crippen LogP contribution in [0.2, 0.25) is 0 Å². The first-order valence-corrected chi connectivity index (χ1v) is 10.9. The van der Waals surface area contributed by atoms with Gasteiger partial charge in [-0.3, -0.25) is 0 Å².